The normalized spacial score (nSPS) is 28.9. The summed E-state index contributed by atoms with van der Waals surface area (Å²) in [6.45, 7) is 1.29. The number of fused-ring (bicyclic) bond motifs is 1. The van der Waals surface area contributed by atoms with Gasteiger partial charge in [-0.2, -0.15) is 0 Å². The van der Waals surface area contributed by atoms with E-state index in [0.717, 1.165) is 58.5 Å². The lowest BCUT2D eigenvalue weighted by atomic mass is 9.50. The molecule has 2 unspecified atom stereocenters. The van der Waals surface area contributed by atoms with Crippen LogP contribution in [0.25, 0.3) is 10.4 Å². The Morgan fingerprint density at radius 1 is 0.921 bits per heavy atom. The average molecular weight is 530 g/mol. The molecule has 2 N–H and O–H groups in total. The van der Waals surface area contributed by atoms with Crippen LogP contribution in [0.5, 0.6) is 0 Å². The molecule has 1 aliphatic heterocycles. The Kier molecular flexibility index (Phi) is 5.71. The van der Waals surface area contributed by atoms with Crippen molar-refractivity contribution in [2.24, 2.45) is 11.8 Å². The number of hydrogen-bond acceptors (Lipinski definition) is 4. The molecule has 2 heterocycles. The molecule has 7 heteroatoms. The van der Waals surface area contributed by atoms with Crippen molar-refractivity contribution in [1.29, 1.82) is 0 Å². The predicted octanol–water partition coefficient (Wildman–Crippen LogP) is 5.51. The van der Waals surface area contributed by atoms with Crippen molar-refractivity contribution < 1.29 is 14.0 Å². The van der Waals surface area contributed by atoms with Gasteiger partial charge in [0.05, 0.1) is 11.4 Å². The molecule has 4 aliphatic carbocycles. The molecule has 4 atom stereocenters. The zero-order chi connectivity index (χ0) is 25.9. The molecule has 38 heavy (non-hydrogen) atoms. The van der Waals surface area contributed by atoms with Crippen LogP contribution in [-0.2, 0) is 17.9 Å². The van der Waals surface area contributed by atoms with E-state index < -0.39 is 0 Å². The molecule has 8 rings (SSSR count). The van der Waals surface area contributed by atoms with Crippen LogP contribution in [0.4, 0.5) is 4.39 Å². The summed E-state index contributed by atoms with van der Waals surface area (Å²) in [6, 6.07) is 18.9. The molecule has 1 aromatic heterocycles. The topological polar surface area (TPSA) is 61.4 Å². The number of nitrogens with zero attached hydrogens (tertiary/aromatic N) is 1. The zero-order valence-corrected chi connectivity index (χ0v) is 22.2. The number of rotatable bonds is 6. The summed E-state index contributed by atoms with van der Waals surface area (Å²) in [5.74, 6) is 0.966. The molecule has 5 aliphatic rings. The smallest absolute Gasteiger partial charge is 0.261 e. The first-order valence-corrected chi connectivity index (χ1v) is 14.5. The van der Waals surface area contributed by atoms with Gasteiger partial charge in [-0.15, -0.1) is 11.3 Å². The number of carbonyl (C=O) groups is 2. The summed E-state index contributed by atoms with van der Waals surface area (Å²) in [5.41, 5.74) is 2.73. The van der Waals surface area contributed by atoms with Crippen LogP contribution in [0.3, 0.4) is 0 Å². The Hall–Kier alpha value is -3.03. The van der Waals surface area contributed by atoms with Gasteiger partial charge in [-0.05, 0) is 91.3 Å². The highest BCUT2D eigenvalue weighted by molar-refractivity contribution is 7.17. The van der Waals surface area contributed by atoms with Gasteiger partial charge in [-0.25, -0.2) is 4.39 Å². The Morgan fingerprint density at radius 2 is 1.66 bits per heavy atom. The van der Waals surface area contributed by atoms with Crippen LogP contribution in [0.2, 0.25) is 0 Å². The van der Waals surface area contributed by atoms with Crippen LogP contribution in [0.15, 0.2) is 60.7 Å². The first-order valence-electron chi connectivity index (χ1n) is 13.7. The minimum atomic E-state index is -0.254. The van der Waals surface area contributed by atoms with E-state index in [1.165, 1.54) is 18.6 Å². The Morgan fingerprint density at radius 3 is 2.45 bits per heavy atom. The lowest BCUT2D eigenvalue weighted by Gasteiger charge is -2.62. The van der Waals surface area contributed by atoms with Gasteiger partial charge in [-0.3, -0.25) is 9.59 Å². The monoisotopic (exact) mass is 529 g/mol. The molecule has 0 saturated heterocycles. The number of nitrogens with one attached hydrogen (secondary N) is 2. The summed E-state index contributed by atoms with van der Waals surface area (Å²) in [7, 11) is 0. The van der Waals surface area contributed by atoms with Gasteiger partial charge < -0.3 is 15.5 Å². The summed E-state index contributed by atoms with van der Waals surface area (Å²) < 4.78 is 13.6. The Bertz CT molecular complexity index is 1390. The fraction of sp³-hybridized carbons (Fsp3) is 0.419. The maximum atomic E-state index is 13.6. The van der Waals surface area contributed by atoms with Crippen LogP contribution in [-0.4, -0.2) is 34.3 Å². The summed E-state index contributed by atoms with van der Waals surface area (Å²) in [6.07, 6.45) is 6.27. The van der Waals surface area contributed by atoms with E-state index in [2.05, 4.69) is 22.8 Å². The fourth-order valence-electron chi connectivity index (χ4n) is 8.05. The van der Waals surface area contributed by atoms with Gasteiger partial charge in [0.1, 0.15) is 5.82 Å². The maximum Gasteiger partial charge on any atom is 0.261 e. The largest absolute Gasteiger partial charge is 0.346 e. The summed E-state index contributed by atoms with van der Waals surface area (Å²) in [5, 5.41) is 7.18. The lowest BCUT2D eigenvalue weighted by Crippen LogP contribution is -2.69. The minimum Gasteiger partial charge on any atom is -0.346 e. The third-order valence-corrected chi connectivity index (χ3v) is 10.3. The number of hydrogen-bond donors (Lipinski definition) is 2. The van der Waals surface area contributed by atoms with Crippen LogP contribution < -0.4 is 10.6 Å². The Balaban J connectivity index is 1.03. The molecule has 5 nitrogen and oxygen atoms in total. The van der Waals surface area contributed by atoms with Gasteiger partial charge in [0, 0.05) is 29.0 Å². The number of carbonyl (C=O) groups excluding carboxylic acids is 2. The van der Waals surface area contributed by atoms with Crippen LogP contribution in [0, 0.1) is 17.7 Å². The molecule has 4 fully saturated rings. The van der Waals surface area contributed by atoms with Crippen molar-refractivity contribution in [3.63, 3.8) is 0 Å². The molecule has 2 aromatic carbocycles. The molecular formula is C31H32FN3O2S. The molecular weight excluding hydrogens is 497 g/mol. The second-order valence-corrected chi connectivity index (χ2v) is 13.1. The second kappa shape index (κ2) is 9.02. The molecule has 196 valence electrons. The SMILES string of the molecule is O=C(NC12C[C@@H]3C[C@@H](CC(NCC(=O)N4Cc5ccc(F)cc5C4)(C3)C1)C2)c1ccc(-c2ccccc2)s1. The standard InChI is InChI=1S/C31H32FN3O2S/c32-25-7-6-23-17-35(18-24(23)11-25)28(36)16-33-30-12-20-10-21(13-30)15-31(14-20,19-30)34-29(37)27-9-8-26(38-27)22-4-2-1-3-5-22/h1-9,11,20-21,33H,10,12-19H2,(H,34,37)/t20-,21+,30?,31?. The highest BCUT2D eigenvalue weighted by Gasteiger charge is 2.58. The van der Waals surface area contributed by atoms with E-state index in [1.54, 1.807) is 17.4 Å². The number of benzene rings is 2. The van der Waals surface area contributed by atoms with Crippen molar-refractivity contribution in [2.75, 3.05) is 6.54 Å². The van der Waals surface area contributed by atoms with Crippen molar-refractivity contribution in [1.82, 2.24) is 15.5 Å². The molecule has 0 radical (unpaired) electrons. The summed E-state index contributed by atoms with van der Waals surface area (Å²) >= 11 is 1.54. The first kappa shape index (κ1) is 24.0. The molecule has 2 amide bonds. The molecule has 4 bridgehead atoms. The lowest BCUT2D eigenvalue weighted by molar-refractivity contribution is -0.132. The number of thiophene rings is 1. The fourth-order valence-corrected chi connectivity index (χ4v) is 8.96. The highest BCUT2D eigenvalue weighted by atomic mass is 32.1. The van der Waals surface area contributed by atoms with Crippen molar-refractivity contribution >= 4 is 23.2 Å². The van der Waals surface area contributed by atoms with Gasteiger partial charge >= 0.3 is 0 Å². The predicted molar refractivity (Wildman–Crippen MR) is 146 cm³/mol. The van der Waals surface area contributed by atoms with E-state index >= 15 is 0 Å². The van der Waals surface area contributed by atoms with E-state index in [1.807, 2.05) is 35.2 Å². The van der Waals surface area contributed by atoms with Crippen molar-refractivity contribution in [3.05, 3.63) is 82.5 Å². The van der Waals surface area contributed by atoms with Crippen molar-refractivity contribution in [2.45, 2.75) is 62.7 Å². The summed E-state index contributed by atoms with van der Waals surface area (Å²) in [4.78, 5) is 30.3. The van der Waals surface area contributed by atoms with Crippen LogP contribution >= 0.6 is 11.3 Å². The van der Waals surface area contributed by atoms with E-state index in [9.17, 15) is 14.0 Å². The number of amides is 2. The van der Waals surface area contributed by atoms with E-state index in [0.29, 0.717) is 24.9 Å². The second-order valence-electron chi connectivity index (χ2n) is 12.0. The van der Waals surface area contributed by atoms with Crippen LogP contribution in [0.1, 0.15) is 59.3 Å². The van der Waals surface area contributed by atoms with Gasteiger partial charge in [0.15, 0.2) is 0 Å². The first-order chi connectivity index (χ1) is 18.4. The third kappa shape index (κ3) is 4.35. The third-order valence-electron chi connectivity index (χ3n) is 9.19. The van der Waals surface area contributed by atoms with E-state index in [4.69, 9.17) is 0 Å². The maximum absolute atomic E-state index is 13.6. The molecule has 3 aromatic rings. The Labute approximate surface area is 226 Å². The molecule has 4 saturated carbocycles. The van der Waals surface area contributed by atoms with E-state index in [-0.39, 0.29) is 35.3 Å². The van der Waals surface area contributed by atoms with Gasteiger partial charge in [0.2, 0.25) is 5.91 Å². The number of halogens is 1. The van der Waals surface area contributed by atoms with Gasteiger partial charge in [-0.1, -0.05) is 36.4 Å². The zero-order valence-electron chi connectivity index (χ0n) is 21.3. The minimum absolute atomic E-state index is 0.0208. The highest BCUT2D eigenvalue weighted by Crippen LogP contribution is 2.57. The average Bonchev–Trinajstić information content (AvgIpc) is 3.54. The van der Waals surface area contributed by atoms with Crippen molar-refractivity contribution in [3.8, 4) is 10.4 Å². The molecule has 0 spiro atoms. The quantitative estimate of drug-likeness (QED) is 0.443. The van der Waals surface area contributed by atoms with Gasteiger partial charge in [0.25, 0.3) is 5.91 Å².